The highest BCUT2D eigenvalue weighted by Crippen LogP contribution is 2.23. The van der Waals surface area contributed by atoms with Crippen LogP contribution < -0.4 is 0 Å². The van der Waals surface area contributed by atoms with Gasteiger partial charge in [0.25, 0.3) is 5.69 Å². The highest BCUT2D eigenvalue weighted by atomic mass is 16.6. The molecule has 0 saturated carbocycles. The number of nitro groups is 1. The van der Waals surface area contributed by atoms with Crippen molar-refractivity contribution >= 4 is 5.69 Å². The maximum atomic E-state index is 10.4. The molecule has 0 spiro atoms. The Morgan fingerprint density at radius 2 is 0.924 bits per heavy atom. The van der Waals surface area contributed by atoms with Crippen molar-refractivity contribution in [1.29, 1.82) is 0 Å². The van der Waals surface area contributed by atoms with Crippen LogP contribution in [0, 0.1) is 58.6 Å². The molecular formula is C56H70N8O2. The topological polar surface area (TPSA) is 133 Å². The van der Waals surface area contributed by atoms with Crippen LogP contribution in [0.5, 0.6) is 0 Å². The van der Waals surface area contributed by atoms with E-state index in [0.29, 0.717) is 0 Å². The standard InChI is InChI=1S/C13H14N2.2C12H12N2.C11H8N2O2.4C2H6/c1-9-7-13(15-11(3)10(9)2)12-5-4-6-14-8-12;1-9-5-6-12(14-8-9)11-4-3-7-13-10(11)2;1-9-6-12(14-7-10(9)2)11-4-3-5-13-8-11;14-13(15)11-5-3-9(4-6-11)10-2-1-7-12-8-10;4*1-2/h4-8H,1-3H3;2*3-8H,1-2H3;1-8H;4*1-2H3. The Bertz CT molecular complexity index is 2510. The molecule has 0 unspecified atom stereocenters. The van der Waals surface area contributed by atoms with Gasteiger partial charge in [-0.1, -0.05) is 67.5 Å². The van der Waals surface area contributed by atoms with Gasteiger partial charge in [0.15, 0.2) is 0 Å². The molecule has 10 heteroatoms. The molecule has 0 aliphatic heterocycles. The summed E-state index contributed by atoms with van der Waals surface area (Å²) in [5, 5.41) is 10.4. The molecule has 346 valence electrons. The molecule has 7 aromatic heterocycles. The molecule has 0 aliphatic carbocycles. The summed E-state index contributed by atoms with van der Waals surface area (Å²) in [7, 11) is 0. The van der Waals surface area contributed by atoms with Crippen molar-refractivity contribution in [3.05, 3.63) is 202 Å². The molecule has 0 fully saturated rings. The van der Waals surface area contributed by atoms with Crippen LogP contribution in [0.2, 0.25) is 0 Å². The first kappa shape index (κ1) is 56.7. The largest absolute Gasteiger partial charge is 0.269 e. The fourth-order valence-corrected chi connectivity index (χ4v) is 5.55. The van der Waals surface area contributed by atoms with Crippen LogP contribution >= 0.6 is 0 Å². The molecule has 66 heavy (non-hydrogen) atoms. The van der Waals surface area contributed by atoms with Crippen LogP contribution in [0.1, 0.15) is 94.6 Å². The monoisotopic (exact) mass is 887 g/mol. The Hall–Kier alpha value is -7.33. The normalized spacial score (nSPS) is 9.26. The summed E-state index contributed by atoms with van der Waals surface area (Å²) in [6.45, 7) is 30.5. The molecule has 0 atom stereocenters. The predicted octanol–water partition coefficient (Wildman–Crippen LogP) is 15.4. The molecule has 0 N–H and O–H groups in total. The second kappa shape index (κ2) is 32.3. The number of benzene rings is 1. The molecule has 0 saturated heterocycles. The summed E-state index contributed by atoms with van der Waals surface area (Å²) in [6.07, 6.45) is 16.2. The Balaban J connectivity index is 0.000000418. The number of rotatable bonds is 5. The minimum absolute atomic E-state index is 0.0997. The quantitative estimate of drug-likeness (QED) is 0.122. The van der Waals surface area contributed by atoms with Crippen LogP contribution in [0.4, 0.5) is 5.69 Å². The molecule has 8 aromatic rings. The van der Waals surface area contributed by atoms with Crippen molar-refractivity contribution in [3.63, 3.8) is 0 Å². The van der Waals surface area contributed by atoms with Gasteiger partial charge in [-0.15, -0.1) is 0 Å². The molecular weight excluding hydrogens is 817 g/mol. The lowest BCUT2D eigenvalue weighted by atomic mass is 10.1. The van der Waals surface area contributed by atoms with Crippen LogP contribution in [-0.2, 0) is 0 Å². The van der Waals surface area contributed by atoms with Crippen molar-refractivity contribution in [2.24, 2.45) is 0 Å². The van der Waals surface area contributed by atoms with Gasteiger partial charge in [-0.25, -0.2) is 0 Å². The number of pyridine rings is 7. The summed E-state index contributed by atoms with van der Waals surface area (Å²) < 4.78 is 0. The van der Waals surface area contributed by atoms with E-state index in [-0.39, 0.29) is 5.69 Å². The van der Waals surface area contributed by atoms with E-state index in [9.17, 15) is 10.1 Å². The van der Waals surface area contributed by atoms with Crippen molar-refractivity contribution in [1.82, 2.24) is 34.9 Å². The third-order valence-electron chi connectivity index (χ3n) is 9.33. The van der Waals surface area contributed by atoms with E-state index in [1.165, 1.54) is 39.9 Å². The number of nitrogens with zero attached hydrogens (tertiary/aromatic N) is 8. The Morgan fingerprint density at radius 1 is 0.424 bits per heavy atom. The zero-order chi connectivity index (χ0) is 49.4. The zero-order valence-electron chi connectivity index (χ0n) is 41.8. The summed E-state index contributed by atoms with van der Waals surface area (Å²) in [5.41, 5.74) is 16.5. The maximum Gasteiger partial charge on any atom is 0.269 e. The lowest BCUT2D eigenvalue weighted by Crippen LogP contribution is -1.94. The highest BCUT2D eigenvalue weighted by molar-refractivity contribution is 5.64. The summed E-state index contributed by atoms with van der Waals surface area (Å²) >= 11 is 0. The fourth-order valence-electron chi connectivity index (χ4n) is 5.55. The second-order valence-corrected chi connectivity index (χ2v) is 13.6. The minimum atomic E-state index is -0.410. The van der Waals surface area contributed by atoms with Gasteiger partial charge >= 0.3 is 0 Å². The fraction of sp³-hybridized carbons (Fsp3) is 0.268. The lowest BCUT2D eigenvalue weighted by molar-refractivity contribution is -0.384. The predicted molar refractivity (Wildman–Crippen MR) is 277 cm³/mol. The SMILES string of the molecule is CC.CC.CC.CC.Cc1cc(-c2cccnc2)nc(C)c1C.Cc1ccc(-c2cccnc2C)nc1.Cc1cnc(-c2cccnc2)cc1C.O=[N+]([O-])c1ccc(-c2cccnc2)cc1. The third-order valence-corrected chi connectivity index (χ3v) is 9.33. The van der Waals surface area contributed by atoms with Gasteiger partial charge < -0.3 is 0 Å². The van der Waals surface area contributed by atoms with Gasteiger partial charge in [0.1, 0.15) is 0 Å². The first-order valence-electron chi connectivity index (χ1n) is 22.7. The van der Waals surface area contributed by atoms with E-state index in [4.69, 9.17) is 0 Å². The van der Waals surface area contributed by atoms with Gasteiger partial charge in [-0.3, -0.25) is 45.0 Å². The molecule has 0 amide bonds. The van der Waals surface area contributed by atoms with E-state index >= 15 is 0 Å². The molecule has 7 heterocycles. The van der Waals surface area contributed by atoms with E-state index in [2.05, 4.69) is 80.8 Å². The van der Waals surface area contributed by atoms with E-state index < -0.39 is 4.92 Å². The third kappa shape index (κ3) is 18.8. The van der Waals surface area contributed by atoms with Crippen molar-refractivity contribution in [2.45, 2.75) is 104 Å². The highest BCUT2D eigenvalue weighted by Gasteiger charge is 2.06. The first-order chi connectivity index (χ1) is 32.0. The summed E-state index contributed by atoms with van der Waals surface area (Å²) in [4.78, 5) is 39.7. The number of hydrogen-bond donors (Lipinski definition) is 0. The maximum absolute atomic E-state index is 10.4. The molecule has 1 aromatic carbocycles. The smallest absolute Gasteiger partial charge is 0.264 e. The van der Waals surface area contributed by atoms with Gasteiger partial charge in [-0.05, 0) is 160 Å². The molecule has 0 aliphatic rings. The first-order valence-corrected chi connectivity index (χ1v) is 22.7. The number of hydrogen-bond acceptors (Lipinski definition) is 9. The zero-order valence-corrected chi connectivity index (χ0v) is 41.8. The molecule has 0 radical (unpaired) electrons. The van der Waals surface area contributed by atoms with Crippen molar-refractivity contribution in [2.75, 3.05) is 0 Å². The summed E-state index contributed by atoms with van der Waals surface area (Å²) in [6, 6.07) is 30.3. The van der Waals surface area contributed by atoms with Crippen LogP contribution in [0.25, 0.3) is 44.9 Å². The van der Waals surface area contributed by atoms with Gasteiger partial charge in [0, 0.05) is 96.0 Å². The van der Waals surface area contributed by atoms with E-state index in [0.717, 1.165) is 56.3 Å². The van der Waals surface area contributed by atoms with Crippen LogP contribution in [0.15, 0.2) is 153 Å². The number of nitro benzene ring substituents is 1. The van der Waals surface area contributed by atoms with Gasteiger partial charge in [0.05, 0.1) is 22.0 Å². The molecule has 0 bridgehead atoms. The lowest BCUT2D eigenvalue weighted by Gasteiger charge is -2.07. The Kier molecular flexibility index (Phi) is 27.8. The van der Waals surface area contributed by atoms with E-state index in [1.807, 2.05) is 156 Å². The number of aryl methyl sites for hydroxylation is 6. The summed E-state index contributed by atoms with van der Waals surface area (Å²) in [5.74, 6) is 0. The van der Waals surface area contributed by atoms with Gasteiger partial charge in [0.2, 0.25) is 0 Å². The van der Waals surface area contributed by atoms with E-state index in [1.54, 1.807) is 43.1 Å². The Morgan fingerprint density at radius 3 is 1.38 bits per heavy atom. The van der Waals surface area contributed by atoms with Crippen molar-refractivity contribution < 1.29 is 4.92 Å². The van der Waals surface area contributed by atoms with Crippen molar-refractivity contribution in [3.8, 4) is 44.9 Å². The average molecular weight is 887 g/mol. The number of non-ortho nitro benzene ring substituents is 1. The van der Waals surface area contributed by atoms with Crippen LogP contribution in [-0.4, -0.2) is 39.8 Å². The average Bonchev–Trinajstić information content (AvgIpc) is 3.38. The van der Waals surface area contributed by atoms with Gasteiger partial charge in [-0.2, -0.15) is 0 Å². The Labute approximate surface area is 395 Å². The second-order valence-electron chi connectivity index (χ2n) is 13.6. The molecule has 8 rings (SSSR count). The number of aromatic nitrogens is 7. The van der Waals surface area contributed by atoms with Crippen LogP contribution in [0.3, 0.4) is 0 Å². The molecule has 10 nitrogen and oxygen atoms in total. The minimum Gasteiger partial charge on any atom is -0.264 e.